The first kappa shape index (κ1) is 18.8. The summed E-state index contributed by atoms with van der Waals surface area (Å²) in [4.78, 5) is 12.1. The summed E-state index contributed by atoms with van der Waals surface area (Å²) in [6.07, 6.45) is 0. The first-order valence-electron chi connectivity index (χ1n) is 8.49. The predicted octanol–water partition coefficient (Wildman–Crippen LogP) is 3.77. The molecular formula is C20H26N2O3. The smallest absolute Gasteiger partial charge is 0.243 e. The number of aryl methyl sites for hydroxylation is 2. The average molecular weight is 342 g/mol. The lowest BCUT2D eigenvalue weighted by atomic mass is 10.1. The van der Waals surface area contributed by atoms with Gasteiger partial charge < -0.3 is 20.1 Å². The Hall–Kier alpha value is -2.53. The van der Waals surface area contributed by atoms with Crippen LogP contribution in [0.3, 0.4) is 0 Å². The molecule has 5 nitrogen and oxygen atoms in total. The summed E-state index contributed by atoms with van der Waals surface area (Å²) in [7, 11) is 0. The molecule has 0 unspecified atom stereocenters. The standard InChI is InChI=1S/C20H26N2O3/c1-4-24-8-9-25-19-7-5-6-17(13-19)22-20(23)14-21-18-11-15(2)10-16(3)12-18/h5-7,10-13,21H,4,8-9,14H2,1-3H3,(H,22,23). The molecule has 0 bridgehead atoms. The van der Waals surface area contributed by atoms with E-state index in [1.54, 1.807) is 6.07 Å². The fourth-order valence-electron chi connectivity index (χ4n) is 2.49. The molecule has 25 heavy (non-hydrogen) atoms. The molecule has 0 spiro atoms. The number of ether oxygens (including phenoxy) is 2. The molecule has 2 aromatic rings. The number of benzene rings is 2. The van der Waals surface area contributed by atoms with Gasteiger partial charge in [0.1, 0.15) is 12.4 Å². The van der Waals surface area contributed by atoms with Crippen molar-refractivity contribution >= 4 is 17.3 Å². The van der Waals surface area contributed by atoms with Crippen LogP contribution in [0.4, 0.5) is 11.4 Å². The number of anilines is 2. The zero-order valence-corrected chi connectivity index (χ0v) is 15.1. The van der Waals surface area contributed by atoms with Gasteiger partial charge in [0, 0.05) is 24.0 Å². The lowest BCUT2D eigenvalue weighted by molar-refractivity contribution is -0.114. The maximum atomic E-state index is 12.1. The van der Waals surface area contributed by atoms with E-state index in [0.29, 0.717) is 31.3 Å². The molecule has 0 heterocycles. The van der Waals surface area contributed by atoms with Gasteiger partial charge in [-0.2, -0.15) is 0 Å². The Morgan fingerprint density at radius 2 is 1.76 bits per heavy atom. The predicted molar refractivity (Wildman–Crippen MR) is 101 cm³/mol. The van der Waals surface area contributed by atoms with Gasteiger partial charge in [-0.1, -0.05) is 12.1 Å². The molecule has 0 aromatic heterocycles. The molecule has 2 aromatic carbocycles. The van der Waals surface area contributed by atoms with E-state index < -0.39 is 0 Å². The van der Waals surface area contributed by atoms with Crippen LogP contribution in [-0.2, 0) is 9.53 Å². The molecule has 0 aliphatic heterocycles. The monoisotopic (exact) mass is 342 g/mol. The fraction of sp³-hybridized carbons (Fsp3) is 0.350. The van der Waals surface area contributed by atoms with Crippen LogP contribution >= 0.6 is 0 Å². The molecule has 0 saturated carbocycles. The van der Waals surface area contributed by atoms with E-state index >= 15 is 0 Å². The van der Waals surface area contributed by atoms with Gasteiger partial charge in [0.2, 0.25) is 5.91 Å². The van der Waals surface area contributed by atoms with E-state index in [4.69, 9.17) is 9.47 Å². The summed E-state index contributed by atoms with van der Waals surface area (Å²) in [6.45, 7) is 7.94. The molecule has 134 valence electrons. The van der Waals surface area contributed by atoms with Gasteiger partial charge in [0.15, 0.2) is 0 Å². The van der Waals surface area contributed by atoms with Gasteiger partial charge in [-0.15, -0.1) is 0 Å². The van der Waals surface area contributed by atoms with Crippen molar-refractivity contribution in [3.8, 4) is 5.75 Å². The average Bonchev–Trinajstić information content (AvgIpc) is 2.56. The quantitative estimate of drug-likeness (QED) is 0.681. The van der Waals surface area contributed by atoms with Gasteiger partial charge in [-0.25, -0.2) is 0 Å². The van der Waals surface area contributed by atoms with Crippen LogP contribution < -0.4 is 15.4 Å². The second kappa shape index (κ2) is 9.69. The van der Waals surface area contributed by atoms with Crippen molar-refractivity contribution < 1.29 is 14.3 Å². The van der Waals surface area contributed by atoms with Crippen molar-refractivity contribution in [2.75, 3.05) is 37.0 Å². The number of carbonyl (C=O) groups excluding carboxylic acids is 1. The van der Waals surface area contributed by atoms with E-state index in [0.717, 1.165) is 5.69 Å². The van der Waals surface area contributed by atoms with Crippen LogP contribution in [0, 0.1) is 13.8 Å². The number of hydrogen-bond acceptors (Lipinski definition) is 4. The maximum Gasteiger partial charge on any atom is 0.243 e. The minimum atomic E-state index is -0.106. The zero-order valence-electron chi connectivity index (χ0n) is 15.1. The molecule has 0 atom stereocenters. The third-order valence-corrected chi connectivity index (χ3v) is 3.49. The topological polar surface area (TPSA) is 59.6 Å². The Kier molecular flexibility index (Phi) is 7.29. The fourth-order valence-corrected chi connectivity index (χ4v) is 2.49. The number of amides is 1. The van der Waals surface area contributed by atoms with Crippen LogP contribution in [0.5, 0.6) is 5.75 Å². The molecule has 2 rings (SSSR count). The zero-order chi connectivity index (χ0) is 18.1. The Morgan fingerprint density at radius 3 is 2.48 bits per heavy atom. The Bertz CT molecular complexity index is 681. The second-order valence-electron chi connectivity index (χ2n) is 5.85. The van der Waals surface area contributed by atoms with Crippen LogP contribution in [0.25, 0.3) is 0 Å². The number of hydrogen-bond donors (Lipinski definition) is 2. The normalized spacial score (nSPS) is 10.4. The van der Waals surface area contributed by atoms with Crippen LogP contribution in [-0.4, -0.2) is 32.3 Å². The van der Waals surface area contributed by atoms with Crippen molar-refractivity contribution in [3.05, 3.63) is 53.6 Å². The minimum Gasteiger partial charge on any atom is -0.491 e. The van der Waals surface area contributed by atoms with Gasteiger partial charge in [0.05, 0.1) is 13.2 Å². The van der Waals surface area contributed by atoms with E-state index in [1.165, 1.54) is 11.1 Å². The van der Waals surface area contributed by atoms with Crippen LogP contribution in [0.15, 0.2) is 42.5 Å². The lowest BCUT2D eigenvalue weighted by Gasteiger charge is -2.11. The van der Waals surface area contributed by atoms with Gasteiger partial charge in [-0.05, 0) is 56.2 Å². The van der Waals surface area contributed by atoms with Crippen molar-refractivity contribution in [3.63, 3.8) is 0 Å². The summed E-state index contributed by atoms with van der Waals surface area (Å²) in [5, 5.41) is 6.02. The van der Waals surface area contributed by atoms with Crippen molar-refractivity contribution in [1.82, 2.24) is 0 Å². The van der Waals surface area contributed by atoms with Gasteiger partial charge in [0.25, 0.3) is 0 Å². The molecule has 0 aliphatic carbocycles. The second-order valence-corrected chi connectivity index (χ2v) is 5.85. The van der Waals surface area contributed by atoms with Crippen molar-refractivity contribution in [2.24, 2.45) is 0 Å². The lowest BCUT2D eigenvalue weighted by Crippen LogP contribution is -2.21. The first-order valence-corrected chi connectivity index (χ1v) is 8.49. The Morgan fingerprint density at radius 1 is 1.00 bits per heavy atom. The van der Waals surface area contributed by atoms with Gasteiger partial charge >= 0.3 is 0 Å². The SMILES string of the molecule is CCOCCOc1cccc(NC(=O)CNc2cc(C)cc(C)c2)c1. The molecule has 1 amide bonds. The third-order valence-electron chi connectivity index (χ3n) is 3.49. The first-order chi connectivity index (χ1) is 12.1. The minimum absolute atomic E-state index is 0.106. The maximum absolute atomic E-state index is 12.1. The molecular weight excluding hydrogens is 316 g/mol. The van der Waals surface area contributed by atoms with Crippen LogP contribution in [0.1, 0.15) is 18.1 Å². The number of carbonyl (C=O) groups is 1. The number of rotatable bonds is 9. The summed E-state index contributed by atoms with van der Waals surface area (Å²) in [6, 6.07) is 13.5. The molecule has 5 heteroatoms. The molecule has 0 saturated heterocycles. The molecule has 0 fully saturated rings. The highest BCUT2D eigenvalue weighted by molar-refractivity contribution is 5.93. The summed E-state index contributed by atoms with van der Waals surface area (Å²) in [5.41, 5.74) is 3.99. The summed E-state index contributed by atoms with van der Waals surface area (Å²) < 4.78 is 10.8. The number of nitrogens with one attached hydrogen (secondary N) is 2. The van der Waals surface area contributed by atoms with Crippen LogP contribution in [0.2, 0.25) is 0 Å². The Balaban J connectivity index is 1.83. The molecule has 2 N–H and O–H groups in total. The molecule has 0 radical (unpaired) electrons. The van der Waals surface area contributed by atoms with E-state index in [-0.39, 0.29) is 12.5 Å². The van der Waals surface area contributed by atoms with E-state index in [1.807, 2.05) is 51.1 Å². The summed E-state index contributed by atoms with van der Waals surface area (Å²) >= 11 is 0. The van der Waals surface area contributed by atoms with Crippen molar-refractivity contribution in [2.45, 2.75) is 20.8 Å². The third kappa shape index (κ3) is 6.85. The highest BCUT2D eigenvalue weighted by Gasteiger charge is 2.04. The highest BCUT2D eigenvalue weighted by atomic mass is 16.5. The highest BCUT2D eigenvalue weighted by Crippen LogP contribution is 2.17. The molecule has 0 aliphatic rings. The Labute approximate surface area is 149 Å². The van der Waals surface area contributed by atoms with Crippen molar-refractivity contribution in [1.29, 1.82) is 0 Å². The van der Waals surface area contributed by atoms with E-state index in [2.05, 4.69) is 16.7 Å². The van der Waals surface area contributed by atoms with Gasteiger partial charge in [-0.3, -0.25) is 4.79 Å². The largest absolute Gasteiger partial charge is 0.491 e. The summed E-state index contributed by atoms with van der Waals surface area (Å²) in [5.74, 6) is 0.602. The van der Waals surface area contributed by atoms with E-state index in [9.17, 15) is 4.79 Å².